The number of carbonyl (C=O) groups excluding carboxylic acids is 1. The highest BCUT2D eigenvalue weighted by Gasteiger charge is 2.24. The third kappa shape index (κ3) is 4.19. The van der Waals surface area contributed by atoms with Gasteiger partial charge in [-0.15, -0.1) is 22.9 Å². The predicted octanol–water partition coefficient (Wildman–Crippen LogP) is 2.11. The van der Waals surface area contributed by atoms with E-state index in [0.717, 1.165) is 26.3 Å². The number of morpholine rings is 1. The van der Waals surface area contributed by atoms with Gasteiger partial charge in [0.2, 0.25) is 5.91 Å². The number of alkyl halides is 1. The van der Waals surface area contributed by atoms with Crippen LogP contribution in [0.2, 0.25) is 0 Å². The number of ether oxygens (including phenoxy) is 1. The van der Waals surface area contributed by atoms with Crippen molar-refractivity contribution >= 4 is 28.8 Å². The Morgan fingerprint density at radius 3 is 2.90 bits per heavy atom. The first-order valence-corrected chi connectivity index (χ1v) is 8.32. The average Bonchev–Trinajstić information content (AvgIpc) is 3.01. The minimum Gasteiger partial charge on any atom is -0.379 e. The number of hydrogen-bond acceptors (Lipinski definition) is 4. The maximum atomic E-state index is 11.9. The topological polar surface area (TPSA) is 41.6 Å². The molecule has 1 aliphatic rings. The van der Waals surface area contributed by atoms with E-state index in [-0.39, 0.29) is 17.9 Å². The smallest absolute Gasteiger partial charge is 0.224 e. The molecular formula is C14H21ClN2O2S. The second-order valence-electron chi connectivity index (χ2n) is 4.98. The zero-order valence-corrected chi connectivity index (χ0v) is 13.3. The van der Waals surface area contributed by atoms with E-state index >= 15 is 0 Å². The number of hydrogen-bond donors (Lipinski definition) is 1. The van der Waals surface area contributed by atoms with Gasteiger partial charge in [0, 0.05) is 36.3 Å². The number of thiophene rings is 1. The van der Waals surface area contributed by atoms with Crippen molar-refractivity contribution in [3.05, 3.63) is 22.4 Å². The second-order valence-corrected chi connectivity index (χ2v) is 6.27. The molecule has 1 amide bonds. The van der Waals surface area contributed by atoms with E-state index in [1.54, 1.807) is 11.3 Å². The Hall–Kier alpha value is -0.620. The van der Waals surface area contributed by atoms with Crippen LogP contribution in [0.15, 0.2) is 17.5 Å². The Balaban J connectivity index is 1.98. The first-order chi connectivity index (χ1) is 9.72. The molecular weight excluding hydrogens is 296 g/mol. The summed E-state index contributed by atoms with van der Waals surface area (Å²) in [5.41, 5.74) is 0. The molecule has 0 bridgehead atoms. The average molecular weight is 317 g/mol. The molecule has 1 aliphatic heterocycles. The van der Waals surface area contributed by atoms with Crippen LogP contribution in [-0.4, -0.2) is 49.5 Å². The van der Waals surface area contributed by atoms with Crippen molar-refractivity contribution in [1.29, 1.82) is 0 Å². The first kappa shape index (κ1) is 15.8. The number of rotatable bonds is 6. The monoisotopic (exact) mass is 316 g/mol. The van der Waals surface area contributed by atoms with Crippen LogP contribution in [0.1, 0.15) is 17.8 Å². The highest BCUT2D eigenvalue weighted by atomic mass is 35.5. The fourth-order valence-corrected chi connectivity index (χ4v) is 3.22. The highest BCUT2D eigenvalue weighted by molar-refractivity contribution is 7.10. The van der Waals surface area contributed by atoms with E-state index in [9.17, 15) is 4.79 Å². The van der Waals surface area contributed by atoms with Crippen molar-refractivity contribution in [2.24, 2.45) is 5.92 Å². The summed E-state index contributed by atoms with van der Waals surface area (Å²) in [6.07, 6.45) is 0. The molecule has 0 aliphatic carbocycles. The predicted molar refractivity (Wildman–Crippen MR) is 82.3 cm³/mol. The van der Waals surface area contributed by atoms with Crippen LogP contribution < -0.4 is 5.32 Å². The van der Waals surface area contributed by atoms with Gasteiger partial charge in [0.25, 0.3) is 0 Å². The van der Waals surface area contributed by atoms with Crippen molar-refractivity contribution in [1.82, 2.24) is 10.2 Å². The van der Waals surface area contributed by atoms with E-state index in [4.69, 9.17) is 16.3 Å². The van der Waals surface area contributed by atoms with E-state index in [1.165, 1.54) is 4.88 Å². The molecule has 4 nitrogen and oxygen atoms in total. The lowest BCUT2D eigenvalue weighted by molar-refractivity contribution is -0.124. The minimum atomic E-state index is -0.148. The summed E-state index contributed by atoms with van der Waals surface area (Å²) in [6.45, 7) is 5.80. The molecule has 0 spiro atoms. The Kier molecular flexibility index (Phi) is 6.29. The third-order valence-corrected chi connectivity index (χ3v) is 4.94. The van der Waals surface area contributed by atoms with Gasteiger partial charge in [0.05, 0.1) is 19.3 Å². The lowest BCUT2D eigenvalue weighted by Crippen LogP contribution is -2.44. The van der Waals surface area contributed by atoms with Crippen LogP contribution in [-0.2, 0) is 9.53 Å². The normalized spacial score (nSPS) is 19.5. The number of amides is 1. The standard InChI is InChI=1S/C14H21ClN2O2S/c1-11(9-15)14(18)16-10-12(13-3-2-8-20-13)17-4-6-19-7-5-17/h2-3,8,11-12H,4-7,9-10H2,1H3,(H,16,18). The van der Waals surface area contributed by atoms with E-state index in [0.29, 0.717) is 12.4 Å². The van der Waals surface area contributed by atoms with E-state index in [2.05, 4.69) is 27.7 Å². The van der Waals surface area contributed by atoms with Gasteiger partial charge in [-0.3, -0.25) is 9.69 Å². The molecule has 0 radical (unpaired) electrons. The van der Waals surface area contributed by atoms with E-state index in [1.807, 2.05) is 6.92 Å². The molecule has 20 heavy (non-hydrogen) atoms. The zero-order valence-electron chi connectivity index (χ0n) is 11.7. The molecule has 2 unspecified atom stereocenters. The Labute approximate surface area is 129 Å². The molecule has 0 saturated carbocycles. The first-order valence-electron chi connectivity index (χ1n) is 6.91. The lowest BCUT2D eigenvalue weighted by atomic mass is 10.1. The molecule has 6 heteroatoms. The number of carbonyl (C=O) groups is 1. The molecule has 2 heterocycles. The number of halogens is 1. The van der Waals surface area contributed by atoms with Crippen LogP contribution >= 0.6 is 22.9 Å². The second kappa shape index (κ2) is 7.98. The van der Waals surface area contributed by atoms with Gasteiger partial charge in [-0.2, -0.15) is 0 Å². The van der Waals surface area contributed by atoms with Crippen LogP contribution in [0.4, 0.5) is 0 Å². The maximum absolute atomic E-state index is 11.9. The Morgan fingerprint density at radius 1 is 1.55 bits per heavy atom. The van der Waals surface area contributed by atoms with Gasteiger partial charge in [-0.25, -0.2) is 0 Å². The van der Waals surface area contributed by atoms with Crippen molar-refractivity contribution in [3.63, 3.8) is 0 Å². The molecule has 1 aromatic rings. The Bertz CT molecular complexity index is 407. The van der Waals surface area contributed by atoms with Crippen LogP contribution in [0.3, 0.4) is 0 Å². The summed E-state index contributed by atoms with van der Waals surface area (Å²) in [4.78, 5) is 15.6. The van der Waals surface area contributed by atoms with Crippen molar-refractivity contribution in [2.75, 3.05) is 38.7 Å². The third-order valence-electron chi connectivity index (χ3n) is 3.51. The van der Waals surface area contributed by atoms with Gasteiger partial charge >= 0.3 is 0 Å². The minimum absolute atomic E-state index is 0.0230. The fraction of sp³-hybridized carbons (Fsp3) is 0.643. The summed E-state index contributed by atoms with van der Waals surface area (Å²) in [7, 11) is 0. The molecule has 112 valence electrons. The van der Waals surface area contributed by atoms with Gasteiger partial charge in [0.1, 0.15) is 0 Å². The molecule has 1 fully saturated rings. The van der Waals surface area contributed by atoms with Crippen LogP contribution in [0.5, 0.6) is 0 Å². The SMILES string of the molecule is CC(CCl)C(=O)NCC(c1cccs1)N1CCOCC1. The maximum Gasteiger partial charge on any atom is 0.224 e. The summed E-state index contributed by atoms with van der Waals surface area (Å²) in [5.74, 6) is 0.229. The summed E-state index contributed by atoms with van der Waals surface area (Å²) in [6, 6.07) is 4.41. The van der Waals surface area contributed by atoms with Crippen molar-refractivity contribution in [2.45, 2.75) is 13.0 Å². The largest absolute Gasteiger partial charge is 0.379 e. The molecule has 0 aromatic carbocycles. The van der Waals surface area contributed by atoms with Gasteiger partial charge in [0.15, 0.2) is 0 Å². The molecule has 1 saturated heterocycles. The molecule has 2 rings (SSSR count). The lowest BCUT2D eigenvalue weighted by Gasteiger charge is -2.34. The molecule has 1 N–H and O–H groups in total. The van der Waals surface area contributed by atoms with Crippen molar-refractivity contribution < 1.29 is 9.53 Å². The fourth-order valence-electron chi connectivity index (χ4n) is 2.22. The molecule has 2 atom stereocenters. The van der Waals surface area contributed by atoms with Gasteiger partial charge in [-0.1, -0.05) is 13.0 Å². The highest BCUT2D eigenvalue weighted by Crippen LogP contribution is 2.25. The van der Waals surface area contributed by atoms with Crippen LogP contribution in [0.25, 0.3) is 0 Å². The number of nitrogens with one attached hydrogen (secondary N) is 1. The van der Waals surface area contributed by atoms with Crippen LogP contribution in [0, 0.1) is 5.92 Å². The zero-order chi connectivity index (χ0) is 14.4. The Morgan fingerprint density at radius 2 is 2.30 bits per heavy atom. The quantitative estimate of drug-likeness (QED) is 0.817. The number of nitrogens with zero attached hydrogens (tertiary/aromatic N) is 1. The summed E-state index contributed by atoms with van der Waals surface area (Å²) >= 11 is 7.46. The van der Waals surface area contributed by atoms with Gasteiger partial charge in [-0.05, 0) is 11.4 Å². The van der Waals surface area contributed by atoms with Crippen molar-refractivity contribution in [3.8, 4) is 0 Å². The van der Waals surface area contributed by atoms with Gasteiger partial charge < -0.3 is 10.1 Å². The van der Waals surface area contributed by atoms with E-state index < -0.39 is 0 Å². The summed E-state index contributed by atoms with van der Waals surface area (Å²) < 4.78 is 5.41. The summed E-state index contributed by atoms with van der Waals surface area (Å²) in [5, 5.41) is 5.10. The molecule has 1 aromatic heterocycles.